The minimum absolute atomic E-state index is 0.183. The van der Waals surface area contributed by atoms with Gasteiger partial charge >= 0.3 is 5.97 Å². The Labute approximate surface area is 168 Å². The SMILES string of the molecule is N#CCCN(C(=O)COC(=O)/C=C/c1cccc2cccnc12)c1ccccc1. The van der Waals surface area contributed by atoms with E-state index in [9.17, 15) is 9.59 Å². The van der Waals surface area contributed by atoms with E-state index in [4.69, 9.17) is 10.00 Å². The van der Waals surface area contributed by atoms with Gasteiger partial charge in [0.1, 0.15) is 0 Å². The van der Waals surface area contributed by atoms with Crippen molar-refractivity contribution < 1.29 is 14.3 Å². The summed E-state index contributed by atoms with van der Waals surface area (Å²) >= 11 is 0. The van der Waals surface area contributed by atoms with E-state index in [2.05, 4.69) is 4.98 Å². The average Bonchev–Trinajstić information content (AvgIpc) is 2.77. The molecule has 0 radical (unpaired) electrons. The van der Waals surface area contributed by atoms with Crippen molar-refractivity contribution in [1.29, 1.82) is 5.26 Å². The number of rotatable bonds is 7. The van der Waals surface area contributed by atoms with E-state index < -0.39 is 12.6 Å². The Morgan fingerprint density at radius 2 is 1.86 bits per heavy atom. The third-order valence-electron chi connectivity index (χ3n) is 4.22. The number of carbonyl (C=O) groups is 2. The molecule has 3 rings (SSSR count). The Morgan fingerprint density at radius 3 is 2.66 bits per heavy atom. The quantitative estimate of drug-likeness (QED) is 0.457. The monoisotopic (exact) mass is 385 g/mol. The topological polar surface area (TPSA) is 83.3 Å². The van der Waals surface area contributed by atoms with Crippen molar-refractivity contribution in [2.45, 2.75) is 6.42 Å². The summed E-state index contributed by atoms with van der Waals surface area (Å²) < 4.78 is 5.10. The van der Waals surface area contributed by atoms with Crippen molar-refractivity contribution in [3.63, 3.8) is 0 Å². The van der Waals surface area contributed by atoms with Crippen molar-refractivity contribution in [2.75, 3.05) is 18.1 Å². The lowest BCUT2D eigenvalue weighted by atomic mass is 10.1. The van der Waals surface area contributed by atoms with Crippen molar-refractivity contribution in [1.82, 2.24) is 4.98 Å². The molecule has 1 amide bonds. The zero-order valence-electron chi connectivity index (χ0n) is 15.7. The molecule has 1 aromatic heterocycles. The van der Waals surface area contributed by atoms with E-state index in [0.29, 0.717) is 5.69 Å². The summed E-state index contributed by atoms with van der Waals surface area (Å²) in [6, 6.07) is 20.5. The highest BCUT2D eigenvalue weighted by molar-refractivity contribution is 5.97. The molecule has 144 valence electrons. The summed E-state index contributed by atoms with van der Waals surface area (Å²) in [6.45, 7) is -0.175. The number of para-hydroxylation sites is 2. The molecule has 0 fully saturated rings. The first-order valence-corrected chi connectivity index (χ1v) is 9.10. The van der Waals surface area contributed by atoms with Crippen LogP contribution in [0.15, 0.2) is 72.9 Å². The van der Waals surface area contributed by atoms with Crippen LogP contribution in [0.1, 0.15) is 12.0 Å². The fourth-order valence-electron chi connectivity index (χ4n) is 2.85. The second kappa shape index (κ2) is 9.81. The molecule has 0 spiro atoms. The molecule has 0 atom stereocenters. The van der Waals surface area contributed by atoms with Crippen LogP contribution in [0.2, 0.25) is 0 Å². The smallest absolute Gasteiger partial charge is 0.331 e. The molecule has 6 nitrogen and oxygen atoms in total. The number of nitrogens with zero attached hydrogens (tertiary/aromatic N) is 3. The molecule has 0 aliphatic rings. The van der Waals surface area contributed by atoms with Gasteiger partial charge in [0.05, 0.1) is 18.0 Å². The first-order valence-electron chi connectivity index (χ1n) is 9.10. The number of hydrogen-bond donors (Lipinski definition) is 0. The van der Waals surface area contributed by atoms with Crippen LogP contribution in [-0.2, 0) is 14.3 Å². The Kier molecular flexibility index (Phi) is 6.69. The number of benzene rings is 2. The van der Waals surface area contributed by atoms with E-state index in [-0.39, 0.29) is 18.9 Å². The third-order valence-corrected chi connectivity index (χ3v) is 4.22. The second-order valence-electron chi connectivity index (χ2n) is 6.15. The summed E-state index contributed by atoms with van der Waals surface area (Å²) in [5.41, 5.74) is 2.22. The zero-order valence-corrected chi connectivity index (χ0v) is 15.7. The molecular weight excluding hydrogens is 366 g/mol. The number of anilines is 1. The fourth-order valence-corrected chi connectivity index (χ4v) is 2.85. The van der Waals surface area contributed by atoms with Crippen LogP contribution in [0.3, 0.4) is 0 Å². The number of carbonyl (C=O) groups excluding carboxylic acids is 2. The summed E-state index contributed by atoms with van der Waals surface area (Å²) in [5, 5.41) is 9.79. The highest BCUT2D eigenvalue weighted by atomic mass is 16.5. The van der Waals surface area contributed by atoms with E-state index in [1.807, 2.05) is 42.5 Å². The summed E-state index contributed by atoms with van der Waals surface area (Å²) in [7, 11) is 0. The Balaban J connectivity index is 1.63. The summed E-state index contributed by atoms with van der Waals surface area (Å²) in [4.78, 5) is 30.4. The first-order chi connectivity index (χ1) is 14.2. The van der Waals surface area contributed by atoms with Gasteiger partial charge in [-0.1, -0.05) is 42.5 Å². The first kappa shape index (κ1) is 19.8. The molecule has 2 aromatic carbocycles. The molecule has 0 aliphatic heterocycles. The molecule has 0 saturated carbocycles. The number of fused-ring (bicyclic) bond motifs is 1. The van der Waals surface area contributed by atoms with Gasteiger partial charge in [-0.25, -0.2) is 4.79 Å². The van der Waals surface area contributed by atoms with Crippen LogP contribution in [0.5, 0.6) is 0 Å². The standard InChI is InChI=1S/C23H19N3O3/c24-14-6-16-26(20-10-2-1-3-11-20)21(27)17-29-22(28)13-12-19-8-4-7-18-9-5-15-25-23(18)19/h1-5,7-13,15H,6,16-17H2/b13-12+. The van der Waals surface area contributed by atoms with Gasteiger partial charge in [-0.05, 0) is 24.3 Å². The van der Waals surface area contributed by atoms with Crippen molar-refractivity contribution in [3.8, 4) is 6.07 Å². The summed E-state index contributed by atoms with van der Waals surface area (Å²) in [5.74, 6) is -1.01. The lowest BCUT2D eigenvalue weighted by molar-refractivity contribution is -0.142. The maximum Gasteiger partial charge on any atom is 0.331 e. The fraction of sp³-hybridized carbons (Fsp3) is 0.130. The van der Waals surface area contributed by atoms with E-state index >= 15 is 0 Å². The molecule has 0 unspecified atom stereocenters. The number of amides is 1. The van der Waals surface area contributed by atoms with Gasteiger partial charge in [-0.2, -0.15) is 5.26 Å². The van der Waals surface area contributed by atoms with Crippen LogP contribution in [0.4, 0.5) is 5.69 Å². The number of ether oxygens (including phenoxy) is 1. The van der Waals surface area contributed by atoms with Crippen molar-refractivity contribution in [2.24, 2.45) is 0 Å². The van der Waals surface area contributed by atoms with Crippen LogP contribution < -0.4 is 4.90 Å². The average molecular weight is 385 g/mol. The molecule has 0 bridgehead atoms. The van der Waals surface area contributed by atoms with E-state index in [0.717, 1.165) is 16.5 Å². The maximum atomic E-state index is 12.5. The molecular formula is C23H19N3O3. The van der Waals surface area contributed by atoms with Gasteiger partial charge < -0.3 is 9.64 Å². The van der Waals surface area contributed by atoms with E-state index in [1.54, 1.807) is 36.5 Å². The number of pyridine rings is 1. The molecule has 0 aliphatic carbocycles. The number of aromatic nitrogens is 1. The Morgan fingerprint density at radius 1 is 1.07 bits per heavy atom. The van der Waals surface area contributed by atoms with Gasteiger partial charge in [0.2, 0.25) is 0 Å². The molecule has 0 N–H and O–H groups in total. The van der Waals surface area contributed by atoms with Crippen molar-refractivity contribution >= 4 is 34.5 Å². The lowest BCUT2D eigenvalue weighted by Gasteiger charge is -2.21. The number of hydrogen-bond acceptors (Lipinski definition) is 5. The van der Waals surface area contributed by atoms with Crippen molar-refractivity contribution in [3.05, 3.63) is 78.5 Å². The summed E-state index contributed by atoms with van der Waals surface area (Å²) in [6.07, 6.45) is 4.77. The normalized spacial score (nSPS) is 10.6. The highest BCUT2D eigenvalue weighted by Gasteiger charge is 2.16. The van der Waals surface area contributed by atoms with Crippen LogP contribution in [-0.4, -0.2) is 30.0 Å². The van der Waals surface area contributed by atoms with E-state index in [1.165, 1.54) is 11.0 Å². The van der Waals surface area contributed by atoms with Gasteiger partial charge in [-0.3, -0.25) is 9.78 Å². The largest absolute Gasteiger partial charge is 0.452 e. The minimum Gasteiger partial charge on any atom is -0.452 e. The van der Waals surface area contributed by atoms with Crippen LogP contribution in [0.25, 0.3) is 17.0 Å². The lowest BCUT2D eigenvalue weighted by Crippen LogP contribution is -2.35. The predicted molar refractivity (Wildman–Crippen MR) is 111 cm³/mol. The number of nitriles is 1. The van der Waals surface area contributed by atoms with Gasteiger partial charge in [0.15, 0.2) is 6.61 Å². The zero-order chi connectivity index (χ0) is 20.5. The molecule has 6 heteroatoms. The van der Waals surface area contributed by atoms with Crippen LogP contribution >= 0.6 is 0 Å². The second-order valence-corrected chi connectivity index (χ2v) is 6.15. The predicted octanol–water partition coefficient (Wildman–Crippen LogP) is 3.74. The molecule has 1 heterocycles. The third kappa shape index (κ3) is 5.27. The molecule has 29 heavy (non-hydrogen) atoms. The van der Waals surface area contributed by atoms with Gasteiger partial charge in [-0.15, -0.1) is 0 Å². The van der Waals surface area contributed by atoms with Gasteiger partial charge in [0, 0.05) is 35.5 Å². The van der Waals surface area contributed by atoms with Gasteiger partial charge in [0.25, 0.3) is 5.91 Å². The molecule has 0 saturated heterocycles. The minimum atomic E-state index is -0.625. The number of esters is 1. The highest BCUT2D eigenvalue weighted by Crippen LogP contribution is 2.17. The Hall–Kier alpha value is -3.98. The van der Waals surface area contributed by atoms with Crippen LogP contribution in [0, 0.1) is 11.3 Å². The molecule has 3 aromatic rings. The maximum absolute atomic E-state index is 12.5. The Bertz CT molecular complexity index is 1070.